The van der Waals surface area contributed by atoms with E-state index >= 15 is 0 Å². The second-order valence-electron chi connectivity index (χ2n) is 2.54. The molecule has 0 bridgehead atoms. The van der Waals surface area contributed by atoms with Gasteiger partial charge in [-0.05, 0) is 0 Å². The van der Waals surface area contributed by atoms with Crippen LogP contribution in [0.2, 0.25) is 0 Å². The molecule has 0 aromatic heterocycles. The Bertz CT molecular complexity index is 405. The first-order valence-electron chi connectivity index (χ1n) is 3.48. The summed E-state index contributed by atoms with van der Waals surface area (Å²) in [5.74, 6) is -11.1. The van der Waals surface area contributed by atoms with Crippen molar-refractivity contribution in [3.63, 3.8) is 0 Å². The fraction of sp³-hybridized carbons (Fsp3) is 0.143. The van der Waals surface area contributed by atoms with Gasteiger partial charge >= 0.3 is 0 Å². The molecule has 1 aromatic rings. The minimum Gasteiger partial charge on any atom is -0.264 e. The molecule has 0 saturated carbocycles. The van der Waals surface area contributed by atoms with Crippen molar-refractivity contribution in [3.05, 3.63) is 44.8 Å². The number of nitro groups is 1. The number of rotatable bonds is 2. The van der Waals surface area contributed by atoms with Gasteiger partial charge in [0.2, 0.25) is 12.4 Å². The van der Waals surface area contributed by atoms with Gasteiger partial charge in [0, 0.05) is 4.92 Å². The third-order valence-electron chi connectivity index (χ3n) is 1.59. The van der Waals surface area contributed by atoms with Crippen LogP contribution < -0.4 is 0 Å². The monoisotopic (exact) mass is 231 g/mol. The van der Waals surface area contributed by atoms with Gasteiger partial charge in [0.05, 0.1) is 0 Å². The first-order valence-corrected chi connectivity index (χ1v) is 3.48. The summed E-state index contributed by atoms with van der Waals surface area (Å²) in [5, 5.41) is 9.91. The summed E-state index contributed by atoms with van der Waals surface area (Å²) in [7, 11) is 0. The first kappa shape index (κ1) is 11.3. The zero-order chi connectivity index (χ0) is 11.7. The highest BCUT2D eigenvalue weighted by Gasteiger charge is 2.27. The SMILES string of the molecule is [18O]=[N+]([18O-])Cc1c(F)c(F)c(F)c(F)c1F. The van der Waals surface area contributed by atoms with Crippen molar-refractivity contribution in [2.45, 2.75) is 6.54 Å². The van der Waals surface area contributed by atoms with Crippen LogP contribution in [-0.4, -0.2) is 4.92 Å². The molecular weight excluding hydrogens is 229 g/mol. The molecule has 0 spiro atoms. The molecule has 1 aromatic carbocycles. The lowest BCUT2D eigenvalue weighted by Crippen LogP contribution is -2.10. The van der Waals surface area contributed by atoms with Crippen LogP contribution in [0.3, 0.4) is 0 Å². The third kappa shape index (κ3) is 1.88. The molecule has 3 nitrogen and oxygen atoms in total. The van der Waals surface area contributed by atoms with E-state index in [0.29, 0.717) is 0 Å². The topological polar surface area (TPSA) is 43.1 Å². The predicted molar refractivity (Wildman–Crippen MR) is 36.9 cm³/mol. The van der Waals surface area contributed by atoms with E-state index < -0.39 is 46.1 Å². The highest BCUT2D eigenvalue weighted by molar-refractivity contribution is 5.23. The van der Waals surface area contributed by atoms with Gasteiger partial charge < -0.3 is 0 Å². The Morgan fingerprint density at radius 3 is 1.53 bits per heavy atom. The quantitative estimate of drug-likeness (QED) is 0.195. The standard InChI is InChI=1S/C7H2F5NO2/c8-3-2(1-13(14)15)4(9)6(11)7(12)5(3)10/h1H2/i14+2,15+2. The van der Waals surface area contributed by atoms with Gasteiger partial charge in [0.15, 0.2) is 23.3 Å². The van der Waals surface area contributed by atoms with Gasteiger partial charge in [0.1, 0.15) is 5.56 Å². The van der Waals surface area contributed by atoms with Crippen LogP contribution in [0.5, 0.6) is 0 Å². The Labute approximate surface area is 79.3 Å². The summed E-state index contributed by atoms with van der Waals surface area (Å²) in [6, 6.07) is 0. The molecule has 0 radical (unpaired) electrons. The number of benzene rings is 1. The van der Waals surface area contributed by atoms with E-state index in [9.17, 15) is 32.1 Å². The van der Waals surface area contributed by atoms with Crippen LogP contribution in [0.15, 0.2) is 0 Å². The zero-order valence-electron chi connectivity index (χ0n) is 6.86. The number of nitrogens with zero attached hydrogens (tertiary/aromatic N) is 1. The molecule has 0 fully saturated rings. The fourth-order valence-corrected chi connectivity index (χ4v) is 0.918. The molecule has 0 aliphatic rings. The summed E-state index contributed by atoms with van der Waals surface area (Å²) in [4.78, 5) is 8.72. The molecule has 0 aliphatic heterocycles. The van der Waals surface area contributed by atoms with E-state index in [1.54, 1.807) is 0 Å². The van der Waals surface area contributed by atoms with E-state index in [1.807, 2.05) is 0 Å². The normalized spacial score (nSPS) is 10.5. The van der Waals surface area contributed by atoms with Crippen molar-refractivity contribution >= 4 is 0 Å². The lowest BCUT2D eigenvalue weighted by atomic mass is 10.1. The van der Waals surface area contributed by atoms with Crippen LogP contribution in [0.25, 0.3) is 0 Å². The molecule has 0 unspecified atom stereocenters. The fourth-order valence-electron chi connectivity index (χ4n) is 0.918. The highest BCUT2D eigenvalue weighted by Crippen LogP contribution is 2.23. The van der Waals surface area contributed by atoms with Crippen LogP contribution >= 0.6 is 0 Å². The average molecular weight is 231 g/mol. The molecular formula is C7H2F5NO2. The lowest BCUT2D eigenvalue weighted by Gasteiger charge is -2.03. The molecule has 0 amide bonds. The van der Waals surface area contributed by atoms with Crippen LogP contribution in [0, 0.1) is 39.2 Å². The van der Waals surface area contributed by atoms with Crippen molar-refractivity contribution in [1.82, 2.24) is 0 Å². The van der Waals surface area contributed by atoms with Crippen LogP contribution in [-0.2, 0) is 6.54 Å². The van der Waals surface area contributed by atoms with Crippen LogP contribution in [0.1, 0.15) is 5.56 Å². The molecule has 0 heterocycles. The summed E-state index contributed by atoms with van der Waals surface area (Å²) in [6.45, 7) is -1.47. The maximum Gasteiger partial charge on any atom is 0.234 e. The molecule has 0 N–H and O–H groups in total. The van der Waals surface area contributed by atoms with E-state index in [2.05, 4.69) is 0 Å². The number of hydrogen-bond donors (Lipinski definition) is 0. The third-order valence-corrected chi connectivity index (χ3v) is 1.59. The van der Waals surface area contributed by atoms with Crippen molar-refractivity contribution in [1.29, 1.82) is 0 Å². The molecule has 0 atom stereocenters. The first-order chi connectivity index (χ1) is 6.86. The smallest absolute Gasteiger partial charge is 0.234 e. The predicted octanol–water partition coefficient (Wildman–Crippen LogP) is 2.16. The minimum atomic E-state index is -2.34. The Kier molecular flexibility index (Phi) is 2.87. The average Bonchev–Trinajstić information content (AvgIpc) is 2.18. The summed E-state index contributed by atoms with van der Waals surface area (Å²) in [5.41, 5.74) is -1.45. The minimum absolute atomic E-state index is 1.20. The summed E-state index contributed by atoms with van der Waals surface area (Å²) < 4.78 is 62.9. The van der Waals surface area contributed by atoms with E-state index in [-0.39, 0.29) is 0 Å². The summed E-state index contributed by atoms with van der Waals surface area (Å²) in [6.07, 6.45) is 0. The van der Waals surface area contributed by atoms with Gasteiger partial charge in [-0.1, -0.05) is 0 Å². The van der Waals surface area contributed by atoms with Crippen molar-refractivity contribution in [2.75, 3.05) is 0 Å². The van der Waals surface area contributed by atoms with Gasteiger partial charge in [-0.3, -0.25) is 10.1 Å². The Balaban J connectivity index is 3.45. The maximum atomic E-state index is 12.7. The Morgan fingerprint density at radius 2 is 1.20 bits per heavy atom. The molecule has 1 rings (SSSR count). The van der Waals surface area contributed by atoms with E-state index in [4.69, 9.17) is 0 Å². The molecule has 15 heavy (non-hydrogen) atoms. The van der Waals surface area contributed by atoms with Gasteiger partial charge in [-0.2, -0.15) is 0 Å². The second kappa shape index (κ2) is 3.79. The molecule has 0 aliphatic carbocycles. The maximum absolute atomic E-state index is 12.7. The zero-order valence-corrected chi connectivity index (χ0v) is 6.86. The molecule has 8 heteroatoms. The Morgan fingerprint density at radius 1 is 0.867 bits per heavy atom. The van der Waals surface area contributed by atoms with Crippen molar-refractivity contribution in [3.8, 4) is 0 Å². The molecule has 82 valence electrons. The van der Waals surface area contributed by atoms with Gasteiger partial charge in [-0.25, -0.2) is 22.0 Å². The van der Waals surface area contributed by atoms with Crippen molar-refractivity contribution in [2.24, 2.45) is 0 Å². The lowest BCUT2D eigenvalue weighted by molar-refractivity contribution is -0.497. The highest BCUT2D eigenvalue weighted by atomic mass is 19.2. The molecule has 0 saturated heterocycles. The summed E-state index contributed by atoms with van der Waals surface area (Å²) >= 11 is 0. The van der Waals surface area contributed by atoms with Gasteiger partial charge in [0.25, 0.3) is 0 Å². The Hall–Kier alpha value is -1.73. The second-order valence-corrected chi connectivity index (χ2v) is 2.54. The van der Waals surface area contributed by atoms with E-state index in [1.165, 1.54) is 0 Å². The largest absolute Gasteiger partial charge is 0.264 e. The van der Waals surface area contributed by atoms with Crippen LogP contribution in [0.4, 0.5) is 22.0 Å². The van der Waals surface area contributed by atoms with Crippen molar-refractivity contribution < 1.29 is 26.9 Å². The van der Waals surface area contributed by atoms with E-state index in [0.717, 1.165) is 0 Å². The number of halogens is 5. The number of hydrogen-bond acceptors (Lipinski definition) is 2. The van der Waals surface area contributed by atoms with Gasteiger partial charge in [-0.15, -0.1) is 0 Å².